The van der Waals surface area contributed by atoms with Crippen molar-refractivity contribution < 1.29 is 9.90 Å². The molecule has 21 heavy (non-hydrogen) atoms. The molecular formula is C16H25N3O2. The molecule has 0 saturated carbocycles. The van der Waals surface area contributed by atoms with Crippen LogP contribution >= 0.6 is 0 Å². The first-order valence-corrected chi connectivity index (χ1v) is 7.70. The third-order valence-electron chi connectivity index (χ3n) is 3.63. The van der Waals surface area contributed by atoms with E-state index in [1.165, 1.54) is 0 Å². The first-order valence-electron chi connectivity index (χ1n) is 7.70. The van der Waals surface area contributed by atoms with Gasteiger partial charge in [-0.3, -0.25) is 9.69 Å². The second-order valence-electron chi connectivity index (χ2n) is 5.46. The van der Waals surface area contributed by atoms with Gasteiger partial charge in [0.15, 0.2) is 0 Å². The minimum absolute atomic E-state index is 0.0382. The number of aliphatic hydroxyl groups is 1. The van der Waals surface area contributed by atoms with Crippen LogP contribution in [0.1, 0.15) is 18.4 Å². The Balaban J connectivity index is 1.83. The van der Waals surface area contributed by atoms with Gasteiger partial charge in [-0.25, -0.2) is 0 Å². The van der Waals surface area contributed by atoms with Crippen LogP contribution in [0.2, 0.25) is 0 Å². The lowest BCUT2D eigenvalue weighted by molar-refractivity contribution is -0.117. The van der Waals surface area contributed by atoms with E-state index in [1.807, 2.05) is 24.3 Å². The van der Waals surface area contributed by atoms with Crippen LogP contribution in [0.5, 0.6) is 0 Å². The standard InChI is InChI=1S/C16H25N3O2/c20-11-2-5-14-4-1-6-15(12-14)18-16(21)13-19-9-3-7-17-8-10-19/h1,4,6,12,17,20H,2-3,5,7-11,13H2,(H,18,21). The van der Waals surface area contributed by atoms with Crippen molar-refractivity contribution in [2.24, 2.45) is 0 Å². The van der Waals surface area contributed by atoms with E-state index in [9.17, 15) is 4.79 Å². The summed E-state index contributed by atoms with van der Waals surface area (Å²) in [5, 5.41) is 15.2. The Morgan fingerprint density at radius 1 is 1.33 bits per heavy atom. The van der Waals surface area contributed by atoms with Crippen molar-refractivity contribution in [1.29, 1.82) is 0 Å². The van der Waals surface area contributed by atoms with Crippen molar-refractivity contribution >= 4 is 11.6 Å². The Kier molecular flexibility index (Phi) is 6.66. The van der Waals surface area contributed by atoms with E-state index >= 15 is 0 Å². The molecule has 1 heterocycles. The maximum Gasteiger partial charge on any atom is 0.238 e. The number of nitrogens with one attached hydrogen (secondary N) is 2. The smallest absolute Gasteiger partial charge is 0.238 e. The monoisotopic (exact) mass is 291 g/mol. The molecule has 2 rings (SSSR count). The first kappa shape index (κ1) is 15.9. The first-order chi connectivity index (χ1) is 10.3. The highest BCUT2D eigenvalue weighted by atomic mass is 16.2. The number of aliphatic hydroxyl groups excluding tert-OH is 1. The van der Waals surface area contributed by atoms with Crippen LogP contribution in [-0.2, 0) is 11.2 Å². The molecular weight excluding hydrogens is 266 g/mol. The number of amides is 1. The number of rotatable bonds is 6. The fraction of sp³-hybridized carbons (Fsp3) is 0.562. The van der Waals surface area contributed by atoms with Gasteiger partial charge in [0.05, 0.1) is 6.54 Å². The van der Waals surface area contributed by atoms with Crippen LogP contribution in [0.4, 0.5) is 5.69 Å². The lowest BCUT2D eigenvalue weighted by Gasteiger charge is -2.18. The average Bonchev–Trinajstić information content (AvgIpc) is 2.74. The average molecular weight is 291 g/mol. The summed E-state index contributed by atoms with van der Waals surface area (Å²) in [6.07, 6.45) is 2.67. The van der Waals surface area contributed by atoms with Gasteiger partial charge in [-0.15, -0.1) is 0 Å². The second-order valence-corrected chi connectivity index (χ2v) is 5.46. The molecule has 116 valence electrons. The van der Waals surface area contributed by atoms with E-state index in [4.69, 9.17) is 5.11 Å². The minimum atomic E-state index is 0.0382. The van der Waals surface area contributed by atoms with Gasteiger partial charge < -0.3 is 15.7 Å². The van der Waals surface area contributed by atoms with Gasteiger partial charge in [-0.2, -0.15) is 0 Å². The van der Waals surface area contributed by atoms with E-state index in [0.29, 0.717) is 6.54 Å². The Hall–Kier alpha value is -1.43. The zero-order valence-electron chi connectivity index (χ0n) is 12.5. The van der Waals surface area contributed by atoms with E-state index in [1.54, 1.807) is 0 Å². The number of anilines is 1. The van der Waals surface area contributed by atoms with Gasteiger partial charge in [0.25, 0.3) is 0 Å². The van der Waals surface area contributed by atoms with Crippen LogP contribution in [0.3, 0.4) is 0 Å². The SMILES string of the molecule is O=C(CN1CCCNCC1)Nc1cccc(CCCO)c1. The van der Waals surface area contributed by atoms with Crippen molar-refractivity contribution in [3.63, 3.8) is 0 Å². The van der Waals surface area contributed by atoms with Gasteiger partial charge in [-0.1, -0.05) is 12.1 Å². The maximum absolute atomic E-state index is 12.1. The summed E-state index contributed by atoms with van der Waals surface area (Å²) in [6, 6.07) is 7.85. The van der Waals surface area contributed by atoms with E-state index in [2.05, 4.69) is 15.5 Å². The zero-order valence-corrected chi connectivity index (χ0v) is 12.5. The second kappa shape index (κ2) is 8.77. The Labute approximate surface area is 126 Å². The van der Waals surface area contributed by atoms with Crippen molar-refractivity contribution in [3.8, 4) is 0 Å². The van der Waals surface area contributed by atoms with Crippen LogP contribution in [0.15, 0.2) is 24.3 Å². The highest BCUT2D eigenvalue weighted by Crippen LogP contribution is 2.12. The topological polar surface area (TPSA) is 64.6 Å². The molecule has 1 amide bonds. The fourth-order valence-corrected chi connectivity index (χ4v) is 2.55. The summed E-state index contributed by atoms with van der Waals surface area (Å²) in [6.45, 7) is 4.51. The summed E-state index contributed by atoms with van der Waals surface area (Å²) >= 11 is 0. The van der Waals surface area contributed by atoms with Crippen molar-refractivity contribution in [2.45, 2.75) is 19.3 Å². The normalized spacial score (nSPS) is 16.4. The number of nitrogens with zero attached hydrogens (tertiary/aromatic N) is 1. The molecule has 0 atom stereocenters. The Bertz CT molecular complexity index is 443. The van der Waals surface area contributed by atoms with Crippen LogP contribution in [-0.4, -0.2) is 55.2 Å². The highest BCUT2D eigenvalue weighted by molar-refractivity contribution is 5.92. The molecule has 1 aliphatic rings. The molecule has 3 N–H and O–H groups in total. The lowest BCUT2D eigenvalue weighted by atomic mass is 10.1. The summed E-state index contributed by atoms with van der Waals surface area (Å²) in [5.41, 5.74) is 1.98. The summed E-state index contributed by atoms with van der Waals surface area (Å²) in [4.78, 5) is 14.3. The number of aryl methyl sites for hydroxylation is 1. The molecule has 0 aromatic heterocycles. The quantitative estimate of drug-likeness (QED) is 0.727. The highest BCUT2D eigenvalue weighted by Gasteiger charge is 2.12. The number of carbonyl (C=O) groups is 1. The number of benzene rings is 1. The molecule has 5 nitrogen and oxygen atoms in total. The fourth-order valence-electron chi connectivity index (χ4n) is 2.55. The van der Waals surface area contributed by atoms with Gasteiger partial charge in [0.2, 0.25) is 5.91 Å². The maximum atomic E-state index is 12.1. The molecule has 0 aliphatic carbocycles. The number of hydrogen-bond donors (Lipinski definition) is 3. The molecule has 5 heteroatoms. The molecule has 0 bridgehead atoms. The van der Waals surface area contributed by atoms with Gasteiger partial charge in [0.1, 0.15) is 0 Å². The molecule has 1 aromatic carbocycles. The summed E-state index contributed by atoms with van der Waals surface area (Å²) in [7, 11) is 0. The molecule has 1 aromatic rings. The predicted octanol–water partition coefficient (Wildman–Crippen LogP) is 0.845. The molecule has 0 radical (unpaired) electrons. The van der Waals surface area contributed by atoms with E-state index < -0.39 is 0 Å². The van der Waals surface area contributed by atoms with Crippen molar-refractivity contribution in [2.75, 3.05) is 44.6 Å². The van der Waals surface area contributed by atoms with Gasteiger partial charge >= 0.3 is 0 Å². The molecule has 0 spiro atoms. The Morgan fingerprint density at radius 3 is 3.10 bits per heavy atom. The largest absolute Gasteiger partial charge is 0.396 e. The summed E-state index contributed by atoms with van der Waals surface area (Å²) < 4.78 is 0. The van der Waals surface area contributed by atoms with E-state index in [0.717, 1.165) is 56.7 Å². The molecule has 1 aliphatic heterocycles. The Morgan fingerprint density at radius 2 is 2.24 bits per heavy atom. The van der Waals surface area contributed by atoms with Crippen LogP contribution in [0.25, 0.3) is 0 Å². The number of hydrogen-bond acceptors (Lipinski definition) is 4. The van der Waals surface area contributed by atoms with Gasteiger partial charge in [-0.05, 0) is 50.0 Å². The molecule has 0 unspecified atom stereocenters. The third-order valence-corrected chi connectivity index (χ3v) is 3.63. The van der Waals surface area contributed by atoms with Crippen LogP contribution < -0.4 is 10.6 Å². The lowest BCUT2D eigenvalue weighted by Crippen LogP contribution is -2.35. The molecule has 1 fully saturated rings. The number of carbonyl (C=O) groups excluding carboxylic acids is 1. The van der Waals surface area contributed by atoms with Crippen molar-refractivity contribution in [1.82, 2.24) is 10.2 Å². The van der Waals surface area contributed by atoms with E-state index in [-0.39, 0.29) is 12.5 Å². The van der Waals surface area contributed by atoms with Crippen molar-refractivity contribution in [3.05, 3.63) is 29.8 Å². The van der Waals surface area contributed by atoms with Gasteiger partial charge in [0, 0.05) is 25.4 Å². The summed E-state index contributed by atoms with van der Waals surface area (Å²) in [5.74, 6) is 0.0382. The predicted molar refractivity (Wildman–Crippen MR) is 84.4 cm³/mol. The molecule has 1 saturated heterocycles. The zero-order chi connectivity index (χ0) is 14.9. The van der Waals surface area contributed by atoms with Crippen LogP contribution in [0, 0.1) is 0 Å². The minimum Gasteiger partial charge on any atom is -0.396 e. The third kappa shape index (κ3) is 5.83.